The van der Waals surface area contributed by atoms with Gasteiger partial charge in [0.15, 0.2) is 9.84 Å². The molecule has 4 nitrogen and oxygen atoms in total. The summed E-state index contributed by atoms with van der Waals surface area (Å²) in [6.07, 6.45) is 9.90. The molecule has 2 rings (SSSR count). The number of rotatable bonds is 5. The van der Waals surface area contributed by atoms with Crippen molar-refractivity contribution in [1.82, 2.24) is 10.6 Å². The molecule has 0 spiro atoms. The molecule has 1 atom stereocenters. The fourth-order valence-corrected chi connectivity index (χ4v) is 4.89. The molecule has 0 aromatic rings. The number of hydrogen-bond acceptors (Lipinski definition) is 4. The quantitative estimate of drug-likeness (QED) is 0.594. The van der Waals surface area contributed by atoms with Gasteiger partial charge in [0.2, 0.25) is 0 Å². The molecule has 1 aliphatic carbocycles. The van der Waals surface area contributed by atoms with Gasteiger partial charge in [-0.15, -0.1) is 0 Å². The maximum Gasteiger partial charge on any atom is 0.151 e. The van der Waals surface area contributed by atoms with Crippen LogP contribution in [-0.4, -0.2) is 45.1 Å². The van der Waals surface area contributed by atoms with Crippen LogP contribution in [0.15, 0.2) is 0 Å². The lowest BCUT2D eigenvalue weighted by atomic mass is 10.1. The van der Waals surface area contributed by atoms with Crippen molar-refractivity contribution in [2.45, 2.75) is 63.5 Å². The highest BCUT2D eigenvalue weighted by Crippen LogP contribution is 2.17. The summed E-state index contributed by atoms with van der Waals surface area (Å²) < 4.78 is 23.0. The summed E-state index contributed by atoms with van der Waals surface area (Å²) in [7, 11) is -2.78. The number of hydrogen-bond donors (Lipinski definition) is 2. The van der Waals surface area contributed by atoms with Crippen LogP contribution in [-0.2, 0) is 9.84 Å². The molecule has 2 fully saturated rings. The van der Waals surface area contributed by atoms with E-state index in [1.54, 1.807) is 0 Å². The third-order valence-electron chi connectivity index (χ3n) is 4.31. The van der Waals surface area contributed by atoms with Gasteiger partial charge in [-0.05, 0) is 25.7 Å². The van der Waals surface area contributed by atoms with Gasteiger partial charge in [-0.1, -0.05) is 25.7 Å². The van der Waals surface area contributed by atoms with Gasteiger partial charge < -0.3 is 10.6 Å². The molecule has 0 radical (unpaired) electrons. The van der Waals surface area contributed by atoms with E-state index in [1.165, 1.54) is 38.5 Å². The van der Waals surface area contributed by atoms with E-state index in [-0.39, 0.29) is 6.04 Å². The lowest BCUT2D eigenvalue weighted by Crippen LogP contribution is -2.43. The summed E-state index contributed by atoms with van der Waals surface area (Å²) >= 11 is 0. The van der Waals surface area contributed by atoms with Crippen LogP contribution in [0.2, 0.25) is 0 Å². The molecule has 0 aromatic heterocycles. The van der Waals surface area contributed by atoms with E-state index >= 15 is 0 Å². The largest absolute Gasteiger partial charge is 0.313 e. The molecule has 0 bridgehead atoms. The van der Waals surface area contributed by atoms with Crippen molar-refractivity contribution in [3.05, 3.63) is 0 Å². The maximum atomic E-state index is 11.5. The molecule has 1 heterocycles. The van der Waals surface area contributed by atoms with E-state index in [0.717, 1.165) is 25.9 Å². The van der Waals surface area contributed by atoms with E-state index in [9.17, 15) is 8.42 Å². The van der Waals surface area contributed by atoms with Crippen molar-refractivity contribution in [2.75, 3.05) is 24.6 Å². The van der Waals surface area contributed by atoms with E-state index in [2.05, 4.69) is 10.6 Å². The first-order chi connectivity index (χ1) is 9.16. The SMILES string of the molecule is O=S1(=O)CCCC(NCCNC2CCCCCC2)C1. The van der Waals surface area contributed by atoms with Gasteiger partial charge in [-0.3, -0.25) is 0 Å². The summed E-state index contributed by atoms with van der Waals surface area (Å²) in [5.41, 5.74) is 0. The van der Waals surface area contributed by atoms with Crippen molar-refractivity contribution < 1.29 is 8.42 Å². The second-order valence-electron chi connectivity index (χ2n) is 6.05. The molecular weight excluding hydrogens is 260 g/mol. The Bertz CT molecular complexity index is 348. The third kappa shape index (κ3) is 5.79. The Hall–Kier alpha value is -0.130. The van der Waals surface area contributed by atoms with Gasteiger partial charge in [-0.25, -0.2) is 8.42 Å². The molecule has 1 saturated carbocycles. The topological polar surface area (TPSA) is 58.2 Å². The Morgan fingerprint density at radius 3 is 2.00 bits per heavy atom. The zero-order valence-electron chi connectivity index (χ0n) is 11.9. The second-order valence-corrected chi connectivity index (χ2v) is 8.28. The Morgan fingerprint density at radius 1 is 0.789 bits per heavy atom. The first kappa shape index (κ1) is 15.3. The Labute approximate surface area is 117 Å². The molecule has 112 valence electrons. The molecule has 1 aliphatic heterocycles. The Balaban J connectivity index is 1.58. The number of sulfone groups is 1. The van der Waals surface area contributed by atoms with E-state index in [0.29, 0.717) is 17.5 Å². The summed E-state index contributed by atoms with van der Waals surface area (Å²) in [6, 6.07) is 0.856. The highest BCUT2D eigenvalue weighted by Gasteiger charge is 2.23. The van der Waals surface area contributed by atoms with Gasteiger partial charge in [0, 0.05) is 25.2 Å². The monoisotopic (exact) mass is 288 g/mol. The zero-order chi connectivity index (χ0) is 13.6. The van der Waals surface area contributed by atoms with Crippen LogP contribution in [0.25, 0.3) is 0 Å². The maximum absolute atomic E-state index is 11.5. The predicted molar refractivity (Wildman–Crippen MR) is 79.2 cm³/mol. The van der Waals surface area contributed by atoms with Crippen molar-refractivity contribution in [1.29, 1.82) is 0 Å². The van der Waals surface area contributed by atoms with Crippen molar-refractivity contribution in [3.63, 3.8) is 0 Å². The second kappa shape index (κ2) is 7.60. The molecule has 1 unspecified atom stereocenters. The van der Waals surface area contributed by atoms with Crippen molar-refractivity contribution >= 4 is 9.84 Å². The third-order valence-corrected chi connectivity index (χ3v) is 6.13. The number of nitrogens with one attached hydrogen (secondary N) is 2. The lowest BCUT2D eigenvalue weighted by molar-refractivity contribution is 0.430. The van der Waals surface area contributed by atoms with Crippen LogP contribution in [0.3, 0.4) is 0 Å². The lowest BCUT2D eigenvalue weighted by Gasteiger charge is -2.24. The summed E-state index contributed by atoms with van der Waals surface area (Å²) in [4.78, 5) is 0. The van der Waals surface area contributed by atoms with Crippen LogP contribution < -0.4 is 10.6 Å². The van der Waals surface area contributed by atoms with Crippen LogP contribution >= 0.6 is 0 Å². The van der Waals surface area contributed by atoms with Gasteiger partial charge in [0.05, 0.1) is 11.5 Å². The Morgan fingerprint density at radius 2 is 1.37 bits per heavy atom. The summed E-state index contributed by atoms with van der Waals surface area (Å²) in [5.74, 6) is 0.710. The predicted octanol–water partition coefficient (Wildman–Crippen LogP) is 1.47. The average Bonchev–Trinajstić information content (AvgIpc) is 2.62. The summed E-state index contributed by atoms with van der Waals surface area (Å²) in [5, 5.41) is 7.00. The van der Waals surface area contributed by atoms with Gasteiger partial charge in [0.1, 0.15) is 0 Å². The van der Waals surface area contributed by atoms with E-state index in [1.807, 2.05) is 0 Å². The van der Waals surface area contributed by atoms with Crippen molar-refractivity contribution in [3.8, 4) is 0 Å². The minimum Gasteiger partial charge on any atom is -0.313 e. The smallest absolute Gasteiger partial charge is 0.151 e. The first-order valence-electron chi connectivity index (χ1n) is 7.83. The van der Waals surface area contributed by atoms with Gasteiger partial charge in [-0.2, -0.15) is 0 Å². The van der Waals surface area contributed by atoms with Gasteiger partial charge in [0.25, 0.3) is 0 Å². The van der Waals surface area contributed by atoms with Crippen molar-refractivity contribution in [2.24, 2.45) is 0 Å². The molecule has 19 heavy (non-hydrogen) atoms. The molecular formula is C14H28N2O2S. The fourth-order valence-electron chi connectivity index (χ4n) is 3.22. The molecule has 5 heteroatoms. The van der Waals surface area contributed by atoms with E-state index < -0.39 is 9.84 Å². The zero-order valence-corrected chi connectivity index (χ0v) is 12.7. The standard InChI is InChI=1S/C14H28N2O2S/c17-19(18)11-5-8-14(12-19)16-10-9-15-13-6-3-1-2-4-7-13/h13-16H,1-12H2. The molecule has 0 amide bonds. The fraction of sp³-hybridized carbons (Fsp3) is 1.00. The molecule has 2 aliphatic rings. The van der Waals surface area contributed by atoms with Crippen LogP contribution in [0.1, 0.15) is 51.4 Å². The molecule has 1 saturated heterocycles. The van der Waals surface area contributed by atoms with Crippen LogP contribution in [0, 0.1) is 0 Å². The van der Waals surface area contributed by atoms with Gasteiger partial charge >= 0.3 is 0 Å². The molecule has 2 N–H and O–H groups in total. The molecule has 0 aromatic carbocycles. The average molecular weight is 288 g/mol. The minimum atomic E-state index is -2.78. The Kier molecular flexibility index (Phi) is 6.10. The van der Waals surface area contributed by atoms with Crippen LogP contribution in [0.4, 0.5) is 0 Å². The summed E-state index contributed by atoms with van der Waals surface area (Å²) in [6.45, 7) is 1.85. The van der Waals surface area contributed by atoms with E-state index in [4.69, 9.17) is 0 Å². The first-order valence-corrected chi connectivity index (χ1v) is 9.65. The minimum absolute atomic E-state index is 0.176. The normalized spacial score (nSPS) is 28.9. The highest BCUT2D eigenvalue weighted by molar-refractivity contribution is 7.91. The van der Waals surface area contributed by atoms with Crippen LogP contribution in [0.5, 0.6) is 0 Å². The highest BCUT2D eigenvalue weighted by atomic mass is 32.2.